The van der Waals surface area contributed by atoms with E-state index in [9.17, 15) is 4.79 Å². The Kier molecular flexibility index (Phi) is 2.96. The monoisotopic (exact) mass is 246 g/mol. The molecule has 0 saturated carbocycles. The van der Waals surface area contributed by atoms with Crippen LogP contribution in [-0.2, 0) is 22.6 Å². The molecule has 4 nitrogen and oxygen atoms in total. The first-order valence-electron chi connectivity index (χ1n) is 6.42. The van der Waals surface area contributed by atoms with E-state index in [1.165, 1.54) is 11.1 Å². The third kappa shape index (κ3) is 1.97. The molecule has 1 saturated heterocycles. The summed E-state index contributed by atoms with van der Waals surface area (Å²) in [4.78, 5) is 12.7. The molecule has 0 aromatic heterocycles. The molecule has 0 spiro atoms. The number of fused-ring (bicyclic) bond motifs is 1. The summed E-state index contributed by atoms with van der Waals surface area (Å²) in [6, 6.07) is 6.67. The number of ether oxygens (including phenoxy) is 1. The van der Waals surface area contributed by atoms with Gasteiger partial charge in [-0.15, -0.1) is 0 Å². The van der Waals surface area contributed by atoms with Crippen molar-refractivity contribution < 1.29 is 9.53 Å². The van der Waals surface area contributed by atoms with Crippen LogP contribution in [0, 0.1) is 5.92 Å². The number of nitrogens with one attached hydrogen (secondary N) is 1. The summed E-state index contributed by atoms with van der Waals surface area (Å²) in [5.74, 6) is 0.601. The number of carbonyl (C=O) groups is 1. The lowest BCUT2D eigenvalue weighted by atomic mass is 9.98. The molecule has 1 N–H and O–H groups in total. The molecule has 1 amide bonds. The Morgan fingerprint density at radius 3 is 2.94 bits per heavy atom. The molecule has 18 heavy (non-hydrogen) atoms. The molecule has 0 radical (unpaired) electrons. The zero-order valence-corrected chi connectivity index (χ0v) is 10.6. The topological polar surface area (TPSA) is 41.6 Å². The van der Waals surface area contributed by atoms with E-state index in [4.69, 9.17) is 4.74 Å². The molecular weight excluding hydrogens is 228 g/mol. The van der Waals surface area contributed by atoms with Gasteiger partial charge in [0.05, 0.1) is 13.2 Å². The Bertz CT molecular complexity index is 457. The van der Waals surface area contributed by atoms with E-state index in [2.05, 4.69) is 30.4 Å². The number of hydrogen-bond donors (Lipinski definition) is 1. The van der Waals surface area contributed by atoms with E-state index in [1.807, 2.05) is 0 Å². The van der Waals surface area contributed by atoms with Crippen molar-refractivity contribution in [2.45, 2.75) is 26.1 Å². The Balaban J connectivity index is 1.77. The molecule has 0 aliphatic carbocycles. The molecular formula is C14H18N2O2. The van der Waals surface area contributed by atoms with Gasteiger partial charge in [0.1, 0.15) is 0 Å². The first-order chi connectivity index (χ1) is 8.78. The maximum atomic E-state index is 10.9. The molecule has 0 bridgehead atoms. The van der Waals surface area contributed by atoms with E-state index in [1.54, 1.807) is 4.90 Å². The van der Waals surface area contributed by atoms with Gasteiger partial charge in [0.2, 0.25) is 6.41 Å². The first kappa shape index (κ1) is 11.5. The van der Waals surface area contributed by atoms with Crippen molar-refractivity contribution in [3.05, 3.63) is 29.3 Å². The van der Waals surface area contributed by atoms with Crippen LogP contribution in [0.2, 0.25) is 0 Å². The summed E-state index contributed by atoms with van der Waals surface area (Å²) in [6.45, 7) is 5.34. The Labute approximate surface area is 107 Å². The van der Waals surface area contributed by atoms with Gasteiger partial charge in [-0.05, 0) is 24.1 Å². The maximum absolute atomic E-state index is 10.9. The van der Waals surface area contributed by atoms with E-state index in [0.29, 0.717) is 12.0 Å². The van der Waals surface area contributed by atoms with E-state index >= 15 is 0 Å². The fraction of sp³-hybridized carbons (Fsp3) is 0.500. The zero-order chi connectivity index (χ0) is 12.5. The number of rotatable bonds is 4. The Hall–Kier alpha value is -1.55. The van der Waals surface area contributed by atoms with Gasteiger partial charge < -0.3 is 15.0 Å². The van der Waals surface area contributed by atoms with Crippen LogP contribution in [-0.4, -0.2) is 30.6 Å². The summed E-state index contributed by atoms with van der Waals surface area (Å²) in [5, 5.41) is 3.57. The molecule has 3 rings (SSSR count). The van der Waals surface area contributed by atoms with Crippen LogP contribution in [0.1, 0.15) is 18.1 Å². The number of nitrogens with zero attached hydrogens (tertiary/aromatic N) is 1. The molecule has 2 aliphatic rings. The van der Waals surface area contributed by atoms with Gasteiger partial charge in [-0.1, -0.05) is 12.1 Å². The van der Waals surface area contributed by atoms with Crippen LogP contribution >= 0.6 is 0 Å². The van der Waals surface area contributed by atoms with Gasteiger partial charge in [-0.25, -0.2) is 0 Å². The van der Waals surface area contributed by atoms with Crippen LogP contribution in [0.4, 0.5) is 5.69 Å². The molecule has 1 fully saturated rings. The summed E-state index contributed by atoms with van der Waals surface area (Å²) in [6.07, 6.45) is 0.924. The van der Waals surface area contributed by atoms with Gasteiger partial charge in [-0.3, -0.25) is 4.79 Å². The number of benzene rings is 1. The van der Waals surface area contributed by atoms with Gasteiger partial charge >= 0.3 is 0 Å². The molecule has 96 valence electrons. The minimum Gasteiger partial charge on any atom is -0.382 e. The highest BCUT2D eigenvalue weighted by Gasteiger charge is 2.27. The molecule has 1 atom stereocenters. The van der Waals surface area contributed by atoms with Crippen molar-refractivity contribution in [3.8, 4) is 0 Å². The van der Waals surface area contributed by atoms with Gasteiger partial charge in [0.25, 0.3) is 0 Å². The quantitative estimate of drug-likeness (QED) is 0.821. The molecule has 2 aliphatic heterocycles. The predicted octanol–water partition coefficient (Wildman–Crippen LogP) is 1.61. The highest BCUT2D eigenvalue weighted by Crippen LogP contribution is 2.30. The normalized spacial score (nSPS) is 20.2. The summed E-state index contributed by atoms with van der Waals surface area (Å²) >= 11 is 0. The minimum absolute atomic E-state index is 0.413. The molecule has 4 heteroatoms. The second-order valence-electron chi connectivity index (χ2n) is 5.18. The van der Waals surface area contributed by atoms with Crippen molar-refractivity contribution in [3.63, 3.8) is 0 Å². The summed E-state index contributed by atoms with van der Waals surface area (Å²) < 4.78 is 5.23. The van der Waals surface area contributed by atoms with Crippen LogP contribution in [0.3, 0.4) is 0 Å². The first-order valence-corrected chi connectivity index (χ1v) is 6.42. The predicted molar refractivity (Wildman–Crippen MR) is 69.1 cm³/mol. The second kappa shape index (κ2) is 4.61. The van der Waals surface area contributed by atoms with Crippen molar-refractivity contribution in [2.24, 2.45) is 5.92 Å². The van der Waals surface area contributed by atoms with Crippen LogP contribution in [0.5, 0.6) is 0 Å². The van der Waals surface area contributed by atoms with Crippen molar-refractivity contribution in [2.75, 3.05) is 18.5 Å². The van der Waals surface area contributed by atoms with Gasteiger partial charge in [-0.2, -0.15) is 0 Å². The molecule has 2 heterocycles. The van der Waals surface area contributed by atoms with Crippen molar-refractivity contribution >= 4 is 12.1 Å². The fourth-order valence-electron chi connectivity index (χ4n) is 2.56. The van der Waals surface area contributed by atoms with E-state index < -0.39 is 0 Å². The van der Waals surface area contributed by atoms with Crippen LogP contribution < -0.4 is 5.32 Å². The second-order valence-corrected chi connectivity index (χ2v) is 5.18. The lowest BCUT2D eigenvalue weighted by Crippen LogP contribution is -2.40. The largest absolute Gasteiger partial charge is 0.382 e. The lowest BCUT2D eigenvalue weighted by Gasteiger charge is -2.33. The fourth-order valence-corrected chi connectivity index (χ4v) is 2.56. The van der Waals surface area contributed by atoms with Crippen LogP contribution in [0.25, 0.3) is 0 Å². The van der Waals surface area contributed by atoms with E-state index in [-0.39, 0.29) is 0 Å². The van der Waals surface area contributed by atoms with Crippen LogP contribution in [0.15, 0.2) is 18.2 Å². The third-order valence-electron chi connectivity index (χ3n) is 3.91. The number of hydrogen-bond acceptors (Lipinski definition) is 3. The number of carbonyl (C=O) groups excluding carboxylic acids is 1. The SMILES string of the molecule is CC(Nc1cccc2c1CN(C=O)C2)C1COC1. The zero-order valence-electron chi connectivity index (χ0n) is 10.6. The molecule has 1 aromatic rings. The molecule has 1 unspecified atom stereocenters. The summed E-state index contributed by atoms with van der Waals surface area (Å²) in [7, 11) is 0. The maximum Gasteiger partial charge on any atom is 0.210 e. The van der Waals surface area contributed by atoms with Gasteiger partial charge in [0.15, 0.2) is 0 Å². The standard InChI is InChI=1S/C14H18N2O2/c1-10(12-7-18-8-12)15-14-4-2-3-11-5-16(9-17)6-13(11)14/h2-4,9-10,12,15H,5-8H2,1H3. The van der Waals surface area contributed by atoms with Gasteiger partial charge in [0, 0.05) is 30.7 Å². The Morgan fingerprint density at radius 2 is 2.28 bits per heavy atom. The Morgan fingerprint density at radius 1 is 1.44 bits per heavy atom. The lowest BCUT2D eigenvalue weighted by molar-refractivity contribution is -0.118. The van der Waals surface area contributed by atoms with Crippen molar-refractivity contribution in [1.82, 2.24) is 4.90 Å². The minimum atomic E-state index is 0.413. The number of anilines is 1. The highest BCUT2D eigenvalue weighted by molar-refractivity contribution is 5.60. The van der Waals surface area contributed by atoms with Crippen molar-refractivity contribution in [1.29, 1.82) is 0 Å². The number of amides is 1. The summed E-state index contributed by atoms with van der Waals surface area (Å²) in [5.41, 5.74) is 3.68. The van der Waals surface area contributed by atoms with E-state index in [0.717, 1.165) is 38.4 Å². The average molecular weight is 246 g/mol. The highest BCUT2D eigenvalue weighted by atomic mass is 16.5. The average Bonchev–Trinajstić information content (AvgIpc) is 2.70. The smallest absolute Gasteiger partial charge is 0.210 e. The third-order valence-corrected chi connectivity index (χ3v) is 3.91. The molecule has 1 aromatic carbocycles.